The van der Waals surface area contributed by atoms with Gasteiger partial charge in [-0.1, -0.05) is 6.07 Å². The smallest absolute Gasteiger partial charge is 0.241 e. The first-order valence-electron chi connectivity index (χ1n) is 12.4. The van der Waals surface area contributed by atoms with Gasteiger partial charge in [-0.3, -0.25) is 19.4 Å². The highest BCUT2D eigenvalue weighted by molar-refractivity contribution is 7.21. The molecule has 0 spiro atoms. The van der Waals surface area contributed by atoms with E-state index in [9.17, 15) is 9.59 Å². The quantitative estimate of drug-likeness (QED) is 0.512. The van der Waals surface area contributed by atoms with Crippen LogP contribution in [0, 0.1) is 6.92 Å². The number of thiazole rings is 1. The Morgan fingerprint density at radius 2 is 1.74 bits per heavy atom. The van der Waals surface area contributed by atoms with Crippen molar-refractivity contribution in [2.45, 2.75) is 33.7 Å². The summed E-state index contributed by atoms with van der Waals surface area (Å²) in [5.41, 5.74) is 4.07. The third kappa shape index (κ3) is 6.07. The third-order valence-corrected chi connectivity index (χ3v) is 7.82. The minimum absolute atomic E-state index is 0.0131. The Morgan fingerprint density at radius 1 is 1.06 bits per heavy atom. The molecule has 0 unspecified atom stereocenters. The van der Waals surface area contributed by atoms with Crippen molar-refractivity contribution in [2.75, 3.05) is 51.1 Å². The van der Waals surface area contributed by atoms with Gasteiger partial charge in [-0.2, -0.15) is 0 Å². The Hall–Kier alpha value is -2.81. The summed E-state index contributed by atoms with van der Waals surface area (Å²) in [5, 5.41) is 4.03. The van der Waals surface area contributed by atoms with E-state index >= 15 is 0 Å². The van der Waals surface area contributed by atoms with Gasteiger partial charge in [0.2, 0.25) is 11.8 Å². The molecule has 1 saturated heterocycles. The van der Waals surface area contributed by atoms with E-state index in [1.54, 1.807) is 11.3 Å². The summed E-state index contributed by atoms with van der Waals surface area (Å²) in [5.74, 6) is 0.166. The van der Waals surface area contributed by atoms with E-state index in [0.29, 0.717) is 6.54 Å². The number of likely N-dealkylation sites (N-methyl/N-ethyl adjacent to an activating group) is 1. The van der Waals surface area contributed by atoms with Crippen molar-refractivity contribution in [1.82, 2.24) is 19.7 Å². The number of fused-ring (bicyclic) bond motifs is 1. The second-order valence-corrected chi connectivity index (χ2v) is 10.1. The van der Waals surface area contributed by atoms with Gasteiger partial charge < -0.3 is 10.2 Å². The fourth-order valence-corrected chi connectivity index (χ4v) is 5.51. The molecule has 8 heteroatoms. The van der Waals surface area contributed by atoms with Gasteiger partial charge >= 0.3 is 0 Å². The van der Waals surface area contributed by atoms with Gasteiger partial charge in [-0.05, 0) is 69.7 Å². The molecule has 4 rings (SSSR count). The van der Waals surface area contributed by atoms with E-state index in [2.05, 4.69) is 40.2 Å². The third-order valence-electron chi connectivity index (χ3n) is 6.75. The van der Waals surface area contributed by atoms with E-state index in [-0.39, 0.29) is 17.9 Å². The molecule has 0 aliphatic carbocycles. The number of rotatable bonds is 8. The van der Waals surface area contributed by atoms with Crippen LogP contribution >= 0.6 is 11.3 Å². The maximum atomic E-state index is 12.9. The first-order chi connectivity index (χ1) is 16.9. The van der Waals surface area contributed by atoms with Crippen molar-refractivity contribution in [1.29, 1.82) is 0 Å². The van der Waals surface area contributed by atoms with Gasteiger partial charge in [0.1, 0.15) is 5.01 Å². The van der Waals surface area contributed by atoms with Crippen molar-refractivity contribution in [2.24, 2.45) is 0 Å². The summed E-state index contributed by atoms with van der Waals surface area (Å²) in [4.78, 5) is 36.3. The molecular weight excluding hydrogens is 458 g/mol. The summed E-state index contributed by atoms with van der Waals surface area (Å²) in [6.07, 6.45) is 0. The van der Waals surface area contributed by atoms with Crippen LogP contribution in [0.2, 0.25) is 0 Å². The second-order valence-electron chi connectivity index (χ2n) is 9.11. The Balaban J connectivity index is 1.29. The van der Waals surface area contributed by atoms with Crippen LogP contribution < -0.4 is 5.32 Å². The number of carbonyl (C=O) groups is 2. The molecule has 1 fully saturated rings. The molecule has 1 aliphatic rings. The van der Waals surface area contributed by atoms with E-state index in [1.807, 2.05) is 49.9 Å². The Kier molecular flexibility index (Phi) is 8.15. The predicted molar refractivity (Wildman–Crippen MR) is 144 cm³/mol. The lowest BCUT2D eigenvalue weighted by molar-refractivity contribution is -0.133. The minimum atomic E-state index is -0.234. The standard InChI is InChI=1S/C27H35N5O2S/c1-5-31(6-2)25(33)18-30-13-15-32(16-14-30)20(4)26(34)28-22-10-8-21(9-11-22)27-29-23-12-7-19(3)17-24(23)35-27/h7-12,17,20H,5-6,13-16,18H2,1-4H3,(H,28,34)/t20-/m0/s1. The number of anilines is 1. The van der Waals surface area contributed by atoms with Crippen LogP contribution in [-0.2, 0) is 9.59 Å². The average Bonchev–Trinajstić information content (AvgIpc) is 3.28. The fourth-order valence-electron chi connectivity index (χ4n) is 4.44. The highest BCUT2D eigenvalue weighted by atomic mass is 32.1. The van der Waals surface area contributed by atoms with Gasteiger partial charge in [0, 0.05) is 50.5 Å². The number of hydrogen-bond acceptors (Lipinski definition) is 6. The van der Waals surface area contributed by atoms with Gasteiger partial charge in [0.05, 0.1) is 22.8 Å². The summed E-state index contributed by atoms with van der Waals surface area (Å²) in [6.45, 7) is 13.1. The fraction of sp³-hybridized carbons (Fsp3) is 0.444. The summed E-state index contributed by atoms with van der Waals surface area (Å²) in [7, 11) is 0. The Labute approximate surface area is 211 Å². The SMILES string of the molecule is CCN(CC)C(=O)CN1CCN([C@@H](C)C(=O)Nc2ccc(-c3nc4ccc(C)cc4s3)cc2)CC1. The number of aryl methyl sites for hydroxylation is 1. The number of aromatic nitrogens is 1. The largest absolute Gasteiger partial charge is 0.342 e. The first kappa shape index (κ1) is 25.3. The first-order valence-corrected chi connectivity index (χ1v) is 13.2. The summed E-state index contributed by atoms with van der Waals surface area (Å²) >= 11 is 1.68. The lowest BCUT2D eigenvalue weighted by Crippen LogP contribution is -2.54. The molecule has 1 aliphatic heterocycles. The molecule has 0 radical (unpaired) electrons. The van der Waals surface area contributed by atoms with Gasteiger partial charge in [-0.25, -0.2) is 4.98 Å². The minimum Gasteiger partial charge on any atom is -0.342 e. The molecule has 2 heterocycles. The lowest BCUT2D eigenvalue weighted by Gasteiger charge is -2.37. The van der Waals surface area contributed by atoms with E-state index in [1.165, 1.54) is 10.3 Å². The Bertz CT molecular complexity index is 1160. The van der Waals surface area contributed by atoms with Crippen LogP contribution in [0.1, 0.15) is 26.3 Å². The van der Waals surface area contributed by atoms with Crippen LogP contribution in [0.4, 0.5) is 5.69 Å². The zero-order chi connectivity index (χ0) is 24.9. The number of piperazine rings is 1. The van der Waals surface area contributed by atoms with Crippen molar-refractivity contribution < 1.29 is 9.59 Å². The van der Waals surface area contributed by atoms with Crippen LogP contribution in [0.25, 0.3) is 20.8 Å². The molecule has 186 valence electrons. The zero-order valence-electron chi connectivity index (χ0n) is 21.1. The molecule has 0 bridgehead atoms. The maximum Gasteiger partial charge on any atom is 0.241 e. The van der Waals surface area contributed by atoms with Crippen LogP contribution in [-0.4, -0.2) is 83.4 Å². The highest BCUT2D eigenvalue weighted by Gasteiger charge is 2.27. The summed E-state index contributed by atoms with van der Waals surface area (Å²) in [6, 6.07) is 14.0. The van der Waals surface area contributed by atoms with Crippen LogP contribution in [0.15, 0.2) is 42.5 Å². The molecule has 0 saturated carbocycles. The number of nitrogens with zero attached hydrogens (tertiary/aromatic N) is 4. The molecule has 3 aromatic rings. The van der Waals surface area contributed by atoms with Crippen LogP contribution in [0.5, 0.6) is 0 Å². The van der Waals surface area contributed by atoms with Crippen molar-refractivity contribution in [3.05, 3.63) is 48.0 Å². The molecule has 2 aromatic carbocycles. The van der Waals surface area contributed by atoms with Crippen LogP contribution in [0.3, 0.4) is 0 Å². The molecule has 1 atom stereocenters. The number of nitrogens with one attached hydrogen (secondary N) is 1. The lowest BCUT2D eigenvalue weighted by atomic mass is 10.2. The van der Waals surface area contributed by atoms with Gasteiger partial charge in [-0.15, -0.1) is 11.3 Å². The average molecular weight is 494 g/mol. The zero-order valence-corrected chi connectivity index (χ0v) is 21.9. The topological polar surface area (TPSA) is 68.8 Å². The number of amides is 2. The van der Waals surface area contributed by atoms with E-state index in [0.717, 1.165) is 61.0 Å². The molecular formula is C27H35N5O2S. The van der Waals surface area contributed by atoms with E-state index < -0.39 is 0 Å². The maximum absolute atomic E-state index is 12.9. The highest BCUT2D eigenvalue weighted by Crippen LogP contribution is 2.31. The normalized spacial score (nSPS) is 15.8. The predicted octanol–water partition coefficient (Wildman–Crippen LogP) is 4.08. The van der Waals surface area contributed by atoms with Crippen molar-refractivity contribution >= 4 is 39.1 Å². The monoisotopic (exact) mass is 493 g/mol. The van der Waals surface area contributed by atoms with Gasteiger partial charge in [0.25, 0.3) is 0 Å². The molecule has 35 heavy (non-hydrogen) atoms. The van der Waals surface area contributed by atoms with Crippen molar-refractivity contribution in [3.8, 4) is 10.6 Å². The molecule has 7 nitrogen and oxygen atoms in total. The Morgan fingerprint density at radius 3 is 2.40 bits per heavy atom. The van der Waals surface area contributed by atoms with Gasteiger partial charge in [0.15, 0.2) is 0 Å². The number of hydrogen-bond donors (Lipinski definition) is 1. The number of carbonyl (C=O) groups excluding carboxylic acids is 2. The van der Waals surface area contributed by atoms with E-state index in [4.69, 9.17) is 4.98 Å². The summed E-state index contributed by atoms with van der Waals surface area (Å²) < 4.78 is 1.18. The molecule has 2 amide bonds. The molecule has 1 N–H and O–H groups in total. The molecule has 1 aromatic heterocycles. The second kappa shape index (κ2) is 11.3. The number of benzene rings is 2. The van der Waals surface area contributed by atoms with Crippen molar-refractivity contribution in [3.63, 3.8) is 0 Å².